The Balaban J connectivity index is 2.77. The molecule has 1 atom stereocenters. The van der Waals surface area contributed by atoms with Crippen LogP contribution in [0.15, 0.2) is 18.3 Å². The number of aliphatic hydroxyl groups is 1. The summed E-state index contributed by atoms with van der Waals surface area (Å²) in [6.45, 7) is 5.56. The molecule has 0 saturated carbocycles. The maximum atomic E-state index is 8.88. The lowest BCUT2D eigenvalue weighted by molar-refractivity contribution is 0.302. The molecule has 0 bridgehead atoms. The van der Waals surface area contributed by atoms with Crippen LogP contribution >= 0.6 is 0 Å². The molecule has 84 valence electrons. The van der Waals surface area contributed by atoms with Crippen LogP contribution in [0.3, 0.4) is 0 Å². The van der Waals surface area contributed by atoms with Gasteiger partial charge in [-0.1, -0.05) is 6.07 Å². The van der Waals surface area contributed by atoms with E-state index in [1.54, 1.807) is 6.20 Å². The SMILES string of the molecule is CCN(CCO)c1ccc(C(C)N)cn1. The second-order valence-corrected chi connectivity index (χ2v) is 3.54. The van der Waals surface area contributed by atoms with Crippen molar-refractivity contribution in [3.63, 3.8) is 0 Å². The number of rotatable bonds is 5. The van der Waals surface area contributed by atoms with Crippen LogP contribution in [0.5, 0.6) is 0 Å². The second kappa shape index (κ2) is 5.68. The third kappa shape index (κ3) is 3.18. The first-order valence-corrected chi connectivity index (χ1v) is 5.26. The van der Waals surface area contributed by atoms with Gasteiger partial charge < -0.3 is 15.7 Å². The van der Waals surface area contributed by atoms with Gasteiger partial charge in [-0.2, -0.15) is 0 Å². The number of likely N-dealkylation sites (N-methyl/N-ethyl adjacent to an activating group) is 1. The van der Waals surface area contributed by atoms with Crippen LogP contribution in [-0.4, -0.2) is 29.8 Å². The monoisotopic (exact) mass is 209 g/mol. The molecular formula is C11H19N3O. The van der Waals surface area contributed by atoms with Crippen molar-refractivity contribution >= 4 is 5.82 Å². The lowest BCUT2D eigenvalue weighted by atomic mass is 10.1. The molecule has 0 aliphatic rings. The molecule has 0 spiro atoms. The summed E-state index contributed by atoms with van der Waals surface area (Å²) in [5, 5.41) is 8.88. The van der Waals surface area contributed by atoms with Crippen molar-refractivity contribution in [1.82, 2.24) is 4.98 Å². The Morgan fingerprint density at radius 1 is 1.53 bits per heavy atom. The van der Waals surface area contributed by atoms with Gasteiger partial charge in [0, 0.05) is 25.3 Å². The Morgan fingerprint density at radius 3 is 2.67 bits per heavy atom. The average molecular weight is 209 g/mol. The topological polar surface area (TPSA) is 62.4 Å². The van der Waals surface area contributed by atoms with Gasteiger partial charge in [0.15, 0.2) is 0 Å². The van der Waals surface area contributed by atoms with E-state index in [1.165, 1.54) is 0 Å². The van der Waals surface area contributed by atoms with Crippen LogP contribution in [0.1, 0.15) is 25.5 Å². The van der Waals surface area contributed by atoms with Gasteiger partial charge in [-0.15, -0.1) is 0 Å². The summed E-state index contributed by atoms with van der Waals surface area (Å²) in [6, 6.07) is 3.93. The van der Waals surface area contributed by atoms with Crippen molar-refractivity contribution < 1.29 is 5.11 Å². The lowest BCUT2D eigenvalue weighted by Crippen LogP contribution is -2.27. The Labute approximate surface area is 90.7 Å². The summed E-state index contributed by atoms with van der Waals surface area (Å²) in [7, 11) is 0. The van der Waals surface area contributed by atoms with E-state index in [2.05, 4.69) is 4.98 Å². The average Bonchev–Trinajstić information content (AvgIpc) is 2.26. The minimum absolute atomic E-state index is 0.0134. The highest BCUT2D eigenvalue weighted by molar-refractivity contribution is 5.39. The van der Waals surface area contributed by atoms with Gasteiger partial charge >= 0.3 is 0 Å². The summed E-state index contributed by atoms with van der Waals surface area (Å²) in [4.78, 5) is 6.34. The molecule has 1 heterocycles. The molecule has 3 N–H and O–H groups in total. The Hall–Kier alpha value is -1.13. The minimum atomic E-state index is 0.0134. The van der Waals surface area contributed by atoms with Crippen LogP contribution in [0.4, 0.5) is 5.82 Å². The molecular weight excluding hydrogens is 190 g/mol. The third-order valence-electron chi connectivity index (χ3n) is 2.37. The molecule has 0 aliphatic carbocycles. The first-order valence-electron chi connectivity index (χ1n) is 5.26. The highest BCUT2D eigenvalue weighted by atomic mass is 16.3. The van der Waals surface area contributed by atoms with Crippen molar-refractivity contribution in [2.45, 2.75) is 19.9 Å². The molecule has 0 amide bonds. The number of aliphatic hydroxyl groups excluding tert-OH is 1. The van der Waals surface area contributed by atoms with Crippen molar-refractivity contribution in [2.75, 3.05) is 24.6 Å². The van der Waals surface area contributed by atoms with Crippen LogP contribution in [-0.2, 0) is 0 Å². The number of hydrogen-bond acceptors (Lipinski definition) is 4. The molecule has 1 rings (SSSR count). The summed E-state index contributed by atoms with van der Waals surface area (Å²) in [6.07, 6.45) is 1.79. The predicted octanol–water partition coefficient (Wildman–Crippen LogP) is 0.920. The van der Waals surface area contributed by atoms with Crippen molar-refractivity contribution in [3.8, 4) is 0 Å². The van der Waals surface area contributed by atoms with Crippen LogP contribution < -0.4 is 10.6 Å². The maximum Gasteiger partial charge on any atom is 0.128 e. The summed E-state index contributed by atoms with van der Waals surface area (Å²) < 4.78 is 0. The fourth-order valence-electron chi connectivity index (χ4n) is 1.41. The first kappa shape index (κ1) is 11.9. The van der Waals surface area contributed by atoms with E-state index >= 15 is 0 Å². The molecule has 4 nitrogen and oxygen atoms in total. The van der Waals surface area contributed by atoms with Crippen molar-refractivity contribution in [3.05, 3.63) is 23.9 Å². The quantitative estimate of drug-likeness (QED) is 0.757. The lowest BCUT2D eigenvalue weighted by Gasteiger charge is -2.21. The van der Waals surface area contributed by atoms with Crippen LogP contribution in [0.25, 0.3) is 0 Å². The molecule has 1 aromatic heterocycles. The number of nitrogens with zero attached hydrogens (tertiary/aromatic N) is 2. The minimum Gasteiger partial charge on any atom is -0.395 e. The number of pyridine rings is 1. The van der Waals surface area contributed by atoms with Crippen LogP contribution in [0.2, 0.25) is 0 Å². The third-order valence-corrected chi connectivity index (χ3v) is 2.37. The smallest absolute Gasteiger partial charge is 0.128 e. The number of hydrogen-bond donors (Lipinski definition) is 2. The van der Waals surface area contributed by atoms with Gasteiger partial charge in [-0.25, -0.2) is 4.98 Å². The maximum absolute atomic E-state index is 8.88. The van der Waals surface area contributed by atoms with E-state index in [0.29, 0.717) is 6.54 Å². The Bertz CT molecular complexity index is 284. The molecule has 0 aliphatic heterocycles. The normalized spacial score (nSPS) is 12.5. The van der Waals surface area contributed by atoms with Crippen molar-refractivity contribution in [1.29, 1.82) is 0 Å². The molecule has 1 unspecified atom stereocenters. The summed E-state index contributed by atoms with van der Waals surface area (Å²) >= 11 is 0. The standard InChI is InChI=1S/C11H19N3O/c1-3-14(6-7-15)11-5-4-10(8-13-11)9(2)12/h4-5,8-9,15H,3,6-7,12H2,1-2H3. The zero-order valence-corrected chi connectivity index (χ0v) is 9.35. The zero-order chi connectivity index (χ0) is 11.3. The van der Waals surface area contributed by atoms with Gasteiger partial charge in [-0.3, -0.25) is 0 Å². The van der Waals surface area contributed by atoms with E-state index < -0.39 is 0 Å². The van der Waals surface area contributed by atoms with Crippen molar-refractivity contribution in [2.24, 2.45) is 5.73 Å². The fraction of sp³-hybridized carbons (Fsp3) is 0.545. The van der Waals surface area contributed by atoms with Gasteiger partial charge in [0.2, 0.25) is 0 Å². The molecule has 15 heavy (non-hydrogen) atoms. The largest absolute Gasteiger partial charge is 0.395 e. The van der Waals surface area contributed by atoms with E-state index in [4.69, 9.17) is 10.8 Å². The first-order chi connectivity index (χ1) is 7.19. The second-order valence-electron chi connectivity index (χ2n) is 3.54. The highest BCUT2D eigenvalue weighted by Gasteiger charge is 2.05. The number of anilines is 1. The molecule has 0 radical (unpaired) electrons. The van der Waals surface area contributed by atoms with Crippen LogP contribution in [0, 0.1) is 0 Å². The van der Waals surface area contributed by atoms with Gasteiger partial charge in [-0.05, 0) is 25.5 Å². The van der Waals surface area contributed by atoms with Gasteiger partial charge in [0.05, 0.1) is 6.61 Å². The van der Waals surface area contributed by atoms with E-state index in [1.807, 2.05) is 30.9 Å². The highest BCUT2D eigenvalue weighted by Crippen LogP contribution is 2.14. The van der Waals surface area contributed by atoms with E-state index in [0.717, 1.165) is 17.9 Å². The van der Waals surface area contributed by atoms with Gasteiger partial charge in [0.25, 0.3) is 0 Å². The van der Waals surface area contributed by atoms with Gasteiger partial charge in [0.1, 0.15) is 5.82 Å². The fourth-order valence-corrected chi connectivity index (χ4v) is 1.41. The molecule has 0 fully saturated rings. The summed E-state index contributed by atoms with van der Waals surface area (Å²) in [5.74, 6) is 0.885. The molecule has 1 aromatic rings. The summed E-state index contributed by atoms with van der Waals surface area (Å²) in [5.41, 5.74) is 6.76. The Morgan fingerprint density at radius 2 is 2.27 bits per heavy atom. The van der Waals surface area contributed by atoms with E-state index in [9.17, 15) is 0 Å². The van der Waals surface area contributed by atoms with E-state index in [-0.39, 0.29) is 12.6 Å². The number of aromatic nitrogens is 1. The molecule has 0 saturated heterocycles. The number of nitrogens with two attached hydrogens (primary N) is 1. The Kier molecular flexibility index (Phi) is 4.52. The molecule has 0 aromatic carbocycles. The zero-order valence-electron chi connectivity index (χ0n) is 9.35. The molecule has 4 heteroatoms. The predicted molar refractivity (Wildman–Crippen MR) is 61.8 cm³/mol.